The van der Waals surface area contributed by atoms with Crippen LogP contribution in [0.15, 0.2) is 24.8 Å². The number of aliphatic hydroxyl groups is 2. The minimum Gasteiger partial charge on any atom is -0.386 e. The second-order valence-corrected chi connectivity index (χ2v) is 20.3. The maximum absolute atomic E-state index is 12.7. The SMILES string of the molecule is CC(=O)NCCCC/C=C/C(=O)SSCCNC(=O)CCNC(=O)[C@H](O)C(C)(C)COP(=O)(O)OP(=O)(O)OC[C@H]1O[C@@H](n2cnc3c(N)ncnc32)[C@H](O)[C@@H]1OP(=O)(O)O. The number of nitrogens with one attached hydrogen (secondary N) is 3. The molecule has 1 saturated heterocycles. The van der Waals surface area contributed by atoms with Gasteiger partial charge in [0.25, 0.3) is 0 Å². The highest BCUT2D eigenvalue weighted by molar-refractivity contribution is 8.82. The third-order valence-corrected chi connectivity index (χ3v) is 13.4. The number of unbranched alkanes of at least 4 members (excludes halogenated alkanes) is 2. The third kappa shape index (κ3) is 18.0. The van der Waals surface area contributed by atoms with Gasteiger partial charge in [0.05, 0.1) is 19.5 Å². The average molecular weight is 967 g/mol. The van der Waals surface area contributed by atoms with E-state index in [1.807, 2.05) is 0 Å². The number of hydrogen-bond donors (Lipinski definition) is 10. The fraction of sp³-hybridized carbons (Fsp3) is 0.633. The number of rotatable bonds is 26. The number of allylic oxidation sites excluding steroid dienone is 1. The van der Waals surface area contributed by atoms with Crippen LogP contribution >= 0.6 is 45.1 Å². The Morgan fingerprint density at radius 2 is 1.72 bits per heavy atom. The molecule has 26 nitrogen and oxygen atoms in total. The summed E-state index contributed by atoms with van der Waals surface area (Å²) in [5.74, 6) is -1.15. The van der Waals surface area contributed by atoms with Gasteiger partial charge in [-0.15, -0.1) is 0 Å². The van der Waals surface area contributed by atoms with Crippen molar-refractivity contribution in [3.63, 3.8) is 0 Å². The van der Waals surface area contributed by atoms with E-state index < -0.39 is 84.6 Å². The lowest BCUT2D eigenvalue weighted by Crippen LogP contribution is -2.46. The zero-order chi connectivity index (χ0) is 45.6. The third-order valence-electron chi connectivity index (χ3n) is 8.15. The van der Waals surface area contributed by atoms with E-state index in [0.717, 1.165) is 40.9 Å². The lowest BCUT2D eigenvalue weighted by Gasteiger charge is -2.30. The first-order chi connectivity index (χ1) is 28.4. The molecular formula is C30H49N8O18P3S2. The lowest BCUT2D eigenvalue weighted by molar-refractivity contribution is -0.137. The number of nitrogens with zero attached hydrogens (tertiary/aromatic N) is 4. The molecule has 0 saturated carbocycles. The molecule has 3 amide bonds. The molecule has 31 heteroatoms. The van der Waals surface area contributed by atoms with Gasteiger partial charge in [-0.25, -0.2) is 28.6 Å². The Kier molecular flexibility index (Phi) is 20.4. The maximum atomic E-state index is 12.7. The molecule has 3 rings (SSSR count). The summed E-state index contributed by atoms with van der Waals surface area (Å²) in [5, 5.41) is 29.0. The first kappa shape index (κ1) is 52.5. The molecule has 1 fully saturated rings. The molecule has 11 N–H and O–H groups in total. The number of carbonyl (C=O) groups is 4. The number of phosphoric ester groups is 3. The van der Waals surface area contributed by atoms with Gasteiger partial charge < -0.3 is 56.2 Å². The highest BCUT2D eigenvalue weighted by Gasteiger charge is 2.50. The number of nitrogens with two attached hydrogens (primary N) is 1. The summed E-state index contributed by atoms with van der Waals surface area (Å²) in [4.78, 5) is 98.5. The summed E-state index contributed by atoms with van der Waals surface area (Å²) in [5.41, 5.74) is 4.25. The molecule has 7 atom stereocenters. The number of phosphoric acid groups is 3. The Morgan fingerprint density at radius 3 is 2.41 bits per heavy atom. The molecule has 0 bridgehead atoms. The molecule has 0 spiro atoms. The number of hydrogen-bond acceptors (Lipinski definition) is 20. The largest absolute Gasteiger partial charge is 0.481 e. The molecule has 0 aromatic carbocycles. The minimum absolute atomic E-state index is 0.0260. The van der Waals surface area contributed by atoms with E-state index in [0.29, 0.717) is 18.7 Å². The van der Waals surface area contributed by atoms with Gasteiger partial charge in [0.15, 0.2) is 17.7 Å². The summed E-state index contributed by atoms with van der Waals surface area (Å²) < 4.78 is 62.2. The Bertz CT molecular complexity index is 2010. The summed E-state index contributed by atoms with van der Waals surface area (Å²) in [6.07, 6.45) is -1.44. The summed E-state index contributed by atoms with van der Waals surface area (Å²) >= 11 is 0. The highest BCUT2D eigenvalue weighted by Crippen LogP contribution is 2.61. The Morgan fingerprint density at radius 1 is 1.02 bits per heavy atom. The van der Waals surface area contributed by atoms with Crippen molar-refractivity contribution in [2.24, 2.45) is 5.41 Å². The number of imidazole rings is 1. The zero-order valence-corrected chi connectivity index (χ0v) is 37.2. The maximum Gasteiger partial charge on any atom is 0.481 e. The van der Waals surface area contributed by atoms with Crippen LogP contribution in [0.4, 0.5) is 5.82 Å². The number of ether oxygens (including phenoxy) is 1. The number of fused-ring (bicyclic) bond motifs is 1. The fourth-order valence-corrected chi connectivity index (χ4v) is 9.51. The zero-order valence-electron chi connectivity index (χ0n) is 32.9. The van der Waals surface area contributed by atoms with E-state index in [2.05, 4.69) is 39.7 Å². The first-order valence-electron chi connectivity index (χ1n) is 18.0. The van der Waals surface area contributed by atoms with Gasteiger partial charge >= 0.3 is 23.5 Å². The van der Waals surface area contributed by atoms with Crippen LogP contribution in [0.1, 0.15) is 52.7 Å². The number of aliphatic hydroxyl groups excluding tert-OH is 2. The van der Waals surface area contributed by atoms with Crippen LogP contribution in [-0.4, -0.2) is 135 Å². The van der Waals surface area contributed by atoms with Gasteiger partial charge in [0, 0.05) is 44.1 Å². The van der Waals surface area contributed by atoms with Gasteiger partial charge in [0.2, 0.25) is 22.8 Å². The predicted molar refractivity (Wildman–Crippen MR) is 216 cm³/mol. The lowest BCUT2D eigenvalue weighted by atomic mass is 9.87. The molecule has 0 aliphatic carbocycles. The smallest absolute Gasteiger partial charge is 0.386 e. The molecule has 61 heavy (non-hydrogen) atoms. The number of carbonyl (C=O) groups excluding carboxylic acids is 4. The second kappa shape index (κ2) is 23.7. The second-order valence-electron chi connectivity index (χ2n) is 13.7. The average Bonchev–Trinajstić information content (AvgIpc) is 3.72. The quantitative estimate of drug-likeness (QED) is 0.0260. The molecule has 1 aliphatic rings. The van der Waals surface area contributed by atoms with Gasteiger partial charge in [-0.3, -0.25) is 37.3 Å². The minimum atomic E-state index is -5.58. The predicted octanol–water partition coefficient (Wildman–Crippen LogP) is 0.176. The van der Waals surface area contributed by atoms with Crippen LogP contribution < -0.4 is 21.7 Å². The van der Waals surface area contributed by atoms with Gasteiger partial charge in [-0.1, -0.05) is 30.7 Å². The van der Waals surface area contributed by atoms with Crippen LogP contribution in [0.3, 0.4) is 0 Å². The van der Waals surface area contributed by atoms with Crippen molar-refractivity contribution in [1.82, 2.24) is 35.5 Å². The molecule has 3 heterocycles. The van der Waals surface area contributed by atoms with Crippen molar-refractivity contribution >= 4 is 84.9 Å². The summed E-state index contributed by atoms with van der Waals surface area (Å²) in [7, 11) is -14.2. The van der Waals surface area contributed by atoms with E-state index >= 15 is 0 Å². The Balaban J connectivity index is 1.40. The normalized spacial score (nSPS) is 20.9. The van der Waals surface area contributed by atoms with Crippen LogP contribution in [0.25, 0.3) is 11.2 Å². The molecular weight excluding hydrogens is 917 g/mol. The Labute approximate surface area is 356 Å². The van der Waals surface area contributed by atoms with Gasteiger partial charge in [0.1, 0.15) is 36.3 Å². The first-order valence-corrected chi connectivity index (χ1v) is 24.9. The monoisotopic (exact) mass is 966 g/mol. The van der Waals surface area contributed by atoms with Crippen molar-refractivity contribution in [3.8, 4) is 0 Å². The number of anilines is 1. The molecule has 2 aromatic heterocycles. The van der Waals surface area contributed by atoms with E-state index in [9.17, 15) is 62.7 Å². The van der Waals surface area contributed by atoms with E-state index in [1.165, 1.54) is 37.6 Å². The summed E-state index contributed by atoms with van der Waals surface area (Å²) in [6, 6.07) is 0. The van der Waals surface area contributed by atoms with Crippen molar-refractivity contribution < 1.29 is 85.3 Å². The topological polar surface area (TPSA) is 393 Å². The fourth-order valence-electron chi connectivity index (χ4n) is 5.13. The van der Waals surface area contributed by atoms with Crippen molar-refractivity contribution in [2.75, 3.05) is 44.3 Å². The number of aromatic nitrogens is 4. The van der Waals surface area contributed by atoms with E-state index in [4.69, 9.17) is 19.5 Å². The van der Waals surface area contributed by atoms with Crippen LogP contribution in [0.2, 0.25) is 0 Å². The van der Waals surface area contributed by atoms with Crippen molar-refractivity contribution in [1.29, 1.82) is 0 Å². The Hall–Kier alpha value is -2.88. The van der Waals surface area contributed by atoms with Crippen molar-refractivity contribution in [2.45, 2.75) is 77.1 Å². The van der Waals surface area contributed by atoms with Gasteiger partial charge in [-0.2, -0.15) is 4.31 Å². The van der Waals surface area contributed by atoms with E-state index in [-0.39, 0.29) is 47.5 Å². The number of nitrogen functional groups attached to an aromatic ring is 1. The van der Waals surface area contributed by atoms with Crippen LogP contribution in [0.5, 0.6) is 0 Å². The molecule has 2 unspecified atom stereocenters. The van der Waals surface area contributed by atoms with Crippen LogP contribution in [0, 0.1) is 5.41 Å². The van der Waals surface area contributed by atoms with Crippen LogP contribution in [-0.2, 0) is 55.5 Å². The van der Waals surface area contributed by atoms with Gasteiger partial charge in [-0.05, 0) is 36.1 Å². The highest BCUT2D eigenvalue weighted by atomic mass is 33.1. The standard InChI is InChI=1S/C30H49N8O18P3S2/c1-18(39)32-10-7-5-4-6-8-21(41)61-60-13-12-33-20(40)9-11-34-28(44)25(43)30(2,3)15-53-59(50,51)56-58(48,49)52-14-19-24(55-57(45,46)47)23(42)29(54-19)38-17-37-22-26(31)35-16-36-27(22)38/h6,8,16-17,19,23-25,29,42-43H,4-5,7,9-15H2,1-3H3,(H,32,39)(H,33,40)(H,34,44)(H,48,49)(H,50,51)(H2,31,35,36)(H2,45,46,47)/b8-6+/t19-,23-,24-,25+,29-/m1/s1. The van der Waals surface area contributed by atoms with Crippen molar-refractivity contribution in [3.05, 3.63) is 24.8 Å². The molecule has 0 radical (unpaired) electrons. The number of amides is 3. The molecule has 344 valence electrons. The molecule has 1 aliphatic heterocycles. The van der Waals surface area contributed by atoms with E-state index in [1.54, 1.807) is 6.08 Å². The molecule has 2 aromatic rings. The summed E-state index contributed by atoms with van der Waals surface area (Å²) in [6.45, 7) is 2.50.